The van der Waals surface area contributed by atoms with E-state index < -0.39 is 5.97 Å². The second kappa shape index (κ2) is 5.55. The van der Waals surface area contributed by atoms with Crippen molar-refractivity contribution in [3.05, 3.63) is 29.3 Å². The van der Waals surface area contributed by atoms with E-state index in [0.29, 0.717) is 5.56 Å². The van der Waals surface area contributed by atoms with Crippen molar-refractivity contribution in [2.24, 2.45) is 5.92 Å². The van der Waals surface area contributed by atoms with E-state index in [4.69, 9.17) is 5.11 Å². The van der Waals surface area contributed by atoms with Crippen molar-refractivity contribution in [2.75, 3.05) is 4.90 Å². The highest BCUT2D eigenvalue weighted by Gasteiger charge is 2.39. The van der Waals surface area contributed by atoms with Crippen molar-refractivity contribution in [1.29, 1.82) is 0 Å². The van der Waals surface area contributed by atoms with E-state index >= 15 is 0 Å². The molecule has 0 bridgehead atoms. The third kappa shape index (κ3) is 2.75. The molecule has 22 heavy (non-hydrogen) atoms. The number of amides is 1. The second-order valence-electron chi connectivity index (χ2n) is 6.20. The maximum Gasteiger partial charge on any atom is 0.303 e. The molecule has 1 heterocycles. The zero-order valence-electron chi connectivity index (χ0n) is 12.5. The van der Waals surface area contributed by atoms with Crippen LogP contribution in [0.1, 0.15) is 48.5 Å². The Morgan fingerprint density at radius 2 is 1.95 bits per heavy atom. The lowest BCUT2D eigenvalue weighted by atomic mass is 10.0. The van der Waals surface area contributed by atoms with Gasteiger partial charge in [-0.3, -0.25) is 14.4 Å². The van der Waals surface area contributed by atoms with E-state index in [2.05, 4.69) is 0 Å². The lowest BCUT2D eigenvalue weighted by Crippen LogP contribution is -2.36. The predicted molar refractivity (Wildman–Crippen MR) is 81.0 cm³/mol. The molecule has 0 spiro atoms. The summed E-state index contributed by atoms with van der Waals surface area (Å²) >= 11 is 0. The molecule has 0 aromatic heterocycles. The highest BCUT2D eigenvalue weighted by atomic mass is 16.4. The third-order valence-electron chi connectivity index (χ3n) is 4.35. The van der Waals surface area contributed by atoms with Crippen molar-refractivity contribution in [1.82, 2.24) is 0 Å². The van der Waals surface area contributed by atoms with Crippen molar-refractivity contribution < 1.29 is 19.5 Å². The second-order valence-corrected chi connectivity index (χ2v) is 6.20. The monoisotopic (exact) mass is 301 g/mol. The minimum atomic E-state index is -0.968. The normalized spacial score (nSPS) is 19.9. The van der Waals surface area contributed by atoms with E-state index in [1.54, 1.807) is 6.07 Å². The van der Waals surface area contributed by atoms with E-state index in [1.807, 2.05) is 24.0 Å². The van der Waals surface area contributed by atoms with Gasteiger partial charge in [0, 0.05) is 29.6 Å². The van der Waals surface area contributed by atoms with Crippen molar-refractivity contribution in [3.63, 3.8) is 0 Å². The zero-order chi connectivity index (χ0) is 15.9. The zero-order valence-corrected chi connectivity index (χ0v) is 12.5. The number of carbonyl (C=O) groups excluding carboxylic acids is 2. The molecule has 116 valence electrons. The minimum absolute atomic E-state index is 0.00833. The molecular formula is C17H19NO4. The average Bonchev–Trinajstić information content (AvgIpc) is 3.26. The number of carboxylic acids is 1. The van der Waals surface area contributed by atoms with E-state index in [1.165, 1.54) is 0 Å². The summed E-state index contributed by atoms with van der Waals surface area (Å²) in [6, 6.07) is 5.46. The van der Waals surface area contributed by atoms with Crippen molar-refractivity contribution >= 4 is 23.3 Å². The Labute approximate surface area is 128 Å². The summed E-state index contributed by atoms with van der Waals surface area (Å²) in [6.45, 7) is 2.02. The first-order valence-corrected chi connectivity index (χ1v) is 7.68. The lowest BCUT2D eigenvalue weighted by molar-refractivity contribution is -0.137. The Morgan fingerprint density at radius 3 is 2.59 bits per heavy atom. The van der Waals surface area contributed by atoms with Crippen LogP contribution in [0.2, 0.25) is 0 Å². The van der Waals surface area contributed by atoms with Gasteiger partial charge in [0.25, 0.3) is 0 Å². The number of Topliss-reactive ketones (excluding diaryl/α,β-unsaturated/α-hetero) is 1. The summed E-state index contributed by atoms with van der Waals surface area (Å²) in [5.74, 6) is -0.768. The molecule has 1 N–H and O–H groups in total. The number of hydrogen-bond acceptors (Lipinski definition) is 3. The van der Waals surface area contributed by atoms with Crippen molar-refractivity contribution in [2.45, 2.75) is 45.1 Å². The predicted octanol–water partition coefficient (Wildman–Crippen LogP) is 2.42. The number of nitrogens with zero attached hydrogens (tertiary/aromatic N) is 1. The number of rotatable bonds is 5. The Kier molecular flexibility index (Phi) is 3.72. The number of anilines is 1. The number of benzene rings is 1. The van der Waals surface area contributed by atoms with Crippen LogP contribution in [0.5, 0.6) is 0 Å². The Morgan fingerprint density at radius 1 is 1.23 bits per heavy atom. The Bertz CT molecular complexity index is 648. The van der Waals surface area contributed by atoms with Gasteiger partial charge in [0.1, 0.15) is 0 Å². The van der Waals surface area contributed by atoms with Gasteiger partial charge < -0.3 is 10.0 Å². The first-order valence-electron chi connectivity index (χ1n) is 7.68. The first-order chi connectivity index (χ1) is 10.5. The smallest absolute Gasteiger partial charge is 0.303 e. The van der Waals surface area contributed by atoms with Crippen LogP contribution in [0.25, 0.3) is 0 Å². The van der Waals surface area contributed by atoms with Gasteiger partial charge in [-0.05, 0) is 49.9 Å². The molecule has 5 nitrogen and oxygen atoms in total. The Balaban J connectivity index is 1.80. The van der Waals surface area contributed by atoms with E-state index in [9.17, 15) is 14.4 Å². The summed E-state index contributed by atoms with van der Waals surface area (Å²) < 4.78 is 0. The molecule has 1 aliphatic carbocycles. The van der Waals surface area contributed by atoms with E-state index in [0.717, 1.165) is 30.5 Å². The summed E-state index contributed by atoms with van der Waals surface area (Å²) in [4.78, 5) is 36.8. The molecule has 0 saturated heterocycles. The maximum absolute atomic E-state index is 12.4. The largest absolute Gasteiger partial charge is 0.481 e. The van der Waals surface area contributed by atoms with Crippen LogP contribution < -0.4 is 4.90 Å². The molecule has 1 aromatic rings. The number of ketones is 1. The molecule has 3 rings (SSSR count). The van der Waals surface area contributed by atoms with Gasteiger partial charge in [-0.25, -0.2) is 0 Å². The molecule has 5 heteroatoms. The van der Waals surface area contributed by atoms with Crippen LogP contribution in [0.4, 0.5) is 5.69 Å². The molecular weight excluding hydrogens is 282 g/mol. The van der Waals surface area contributed by atoms with Crippen LogP contribution in [-0.4, -0.2) is 28.8 Å². The van der Waals surface area contributed by atoms with Gasteiger partial charge >= 0.3 is 5.97 Å². The van der Waals surface area contributed by atoms with Crippen LogP contribution in [0.15, 0.2) is 18.2 Å². The molecule has 1 atom stereocenters. The molecule has 1 saturated carbocycles. The maximum atomic E-state index is 12.4. The topological polar surface area (TPSA) is 74.7 Å². The van der Waals surface area contributed by atoms with Crippen LogP contribution in [0, 0.1) is 5.92 Å². The summed E-state index contributed by atoms with van der Waals surface area (Å²) in [5, 5.41) is 8.66. The fourth-order valence-electron chi connectivity index (χ4n) is 3.03. The number of aliphatic carboxylic acids is 1. The summed E-state index contributed by atoms with van der Waals surface area (Å²) in [6.07, 6.45) is 2.55. The Hall–Kier alpha value is -2.17. The van der Waals surface area contributed by atoms with E-state index in [-0.39, 0.29) is 36.5 Å². The van der Waals surface area contributed by atoms with Gasteiger partial charge in [-0.1, -0.05) is 0 Å². The molecule has 1 unspecified atom stereocenters. The highest BCUT2D eigenvalue weighted by molar-refractivity contribution is 6.01. The number of carboxylic acid groups (broad SMARTS) is 1. The fraction of sp³-hybridized carbons (Fsp3) is 0.471. The molecule has 1 amide bonds. The van der Waals surface area contributed by atoms with Gasteiger partial charge in [0.2, 0.25) is 5.91 Å². The van der Waals surface area contributed by atoms with Gasteiger partial charge in [0.15, 0.2) is 5.78 Å². The molecule has 1 fully saturated rings. The lowest BCUT2D eigenvalue weighted by Gasteiger charge is -2.22. The van der Waals surface area contributed by atoms with Crippen LogP contribution in [0.3, 0.4) is 0 Å². The first kappa shape index (κ1) is 14.8. The molecule has 1 aliphatic heterocycles. The summed E-state index contributed by atoms with van der Waals surface area (Å²) in [5.41, 5.74) is 2.44. The van der Waals surface area contributed by atoms with Gasteiger partial charge in [-0.15, -0.1) is 0 Å². The molecule has 1 aromatic carbocycles. The molecule has 2 aliphatic rings. The quantitative estimate of drug-likeness (QED) is 0.848. The number of hydrogen-bond donors (Lipinski definition) is 1. The fourth-order valence-corrected chi connectivity index (χ4v) is 3.03. The average molecular weight is 301 g/mol. The highest BCUT2D eigenvalue weighted by Crippen LogP contribution is 2.39. The SMILES string of the molecule is CC1Cc2cc(C(=O)CCC(=O)O)ccc2N1C(=O)C1CC1. The van der Waals surface area contributed by atoms with Crippen molar-refractivity contribution in [3.8, 4) is 0 Å². The number of fused-ring (bicyclic) bond motifs is 1. The minimum Gasteiger partial charge on any atom is -0.481 e. The van der Waals surface area contributed by atoms with Crippen LogP contribution in [-0.2, 0) is 16.0 Å². The standard InChI is InChI=1S/C17H19NO4/c1-10-8-13-9-12(15(19)6-7-16(20)21)4-5-14(13)18(10)17(22)11-2-3-11/h4-5,9-11H,2-3,6-8H2,1H3,(H,20,21). The van der Waals surface area contributed by atoms with Gasteiger partial charge in [-0.2, -0.15) is 0 Å². The summed E-state index contributed by atoms with van der Waals surface area (Å²) in [7, 11) is 0. The molecule has 0 radical (unpaired) electrons. The van der Waals surface area contributed by atoms with Crippen LogP contribution >= 0.6 is 0 Å². The van der Waals surface area contributed by atoms with Gasteiger partial charge in [0.05, 0.1) is 6.42 Å². The third-order valence-corrected chi connectivity index (χ3v) is 4.35. The number of carbonyl (C=O) groups is 3.